The molecule has 0 bridgehead atoms. The molecule has 21 heavy (non-hydrogen) atoms. The summed E-state index contributed by atoms with van der Waals surface area (Å²) < 4.78 is 0. The van der Waals surface area contributed by atoms with Gasteiger partial charge in [0.2, 0.25) is 0 Å². The summed E-state index contributed by atoms with van der Waals surface area (Å²) in [5, 5.41) is 15.8. The van der Waals surface area contributed by atoms with E-state index in [2.05, 4.69) is 28.2 Å². The second-order valence-corrected chi connectivity index (χ2v) is 5.64. The number of rotatable bonds is 3. The maximum atomic E-state index is 11.0. The lowest BCUT2D eigenvalue weighted by atomic mass is 9.86. The molecule has 1 aliphatic rings. The molecule has 1 aliphatic heterocycles. The fourth-order valence-electron chi connectivity index (χ4n) is 2.98. The summed E-state index contributed by atoms with van der Waals surface area (Å²) in [6.45, 7) is 2.19. The van der Waals surface area contributed by atoms with Crippen LogP contribution in [0.5, 0.6) is 0 Å². The van der Waals surface area contributed by atoms with E-state index in [4.69, 9.17) is 5.11 Å². The first-order chi connectivity index (χ1) is 10.1. The van der Waals surface area contributed by atoms with E-state index in [9.17, 15) is 4.79 Å². The number of carboxylic acids is 1. The number of carboxylic acid groups (broad SMARTS) is 1. The van der Waals surface area contributed by atoms with Crippen LogP contribution in [-0.4, -0.2) is 46.3 Å². The van der Waals surface area contributed by atoms with Crippen molar-refractivity contribution in [2.45, 2.75) is 18.8 Å². The molecule has 2 heterocycles. The van der Waals surface area contributed by atoms with Crippen LogP contribution in [0.15, 0.2) is 30.3 Å². The summed E-state index contributed by atoms with van der Waals surface area (Å²) in [5.41, 5.74) is 3.15. The average Bonchev–Trinajstić information content (AvgIpc) is 2.98. The van der Waals surface area contributed by atoms with Gasteiger partial charge in [-0.05, 0) is 50.5 Å². The summed E-state index contributed by atoms with van der Waals surface area (Å²) in [6.07, 6.45) is 2.26. The normalized spacial score (nSPS) is 17.0. The van der Waals surface area contributed by atoms with Crippen molar-refractivity contribution in [3.63, 3.8) is 0 Å². The molecule has 1 aromatic heterocycles. The number of hydrogen-bond donors (Lipinski definition) is 2. The molecule has 0 spiro atoms. The smallest absolute Gasteiger partial charge is 0.353 e. The molecule has 0 saturated carbocycles. The van der Waals surface area contributed by atoms with Gasteiger partial charge >= 0.3 is 5.97 Å². The number of piperidine rings is 1. The summed E-state index contributed by atoms with van der Waals surface area (Å²) in [5.74, 6) is -0.465. The number of likely N-dealkylation sites (tertiary alicyclic amines) is 1. The summed E-state index contributed by atoms with van der Waals surface area (Å²) in [6, 6.07) is 9.79. The third kappa shape index (κ3) is 2.83. The Kier molecular flexibility index (Phi) is 3.75. The SMILES string of the molecule is CN1CCC(c2ccccc2-c2cc(C(=O)O)[nH]n2)CC1. The number of benzene rings is 1. The van der Waals surface area contributed by atoms with Gasteiger partial charge in [0.15, 0.2) is 0 Å². The van der Waals surface area contributed by atoms with Crippen molar-refractivity contribution in [3.05, 3.63) is 41.6 Å². The van der Waals surface area contributed by atoms with E-state index in [-0.39, 0.29) is 5.69 Å². The monoisotopic (exact) mass is 285 g/mol. The van der Waals surface area contributed by atoms with E-state index >= 15 is 0 Å². The second-order valence-electron chi connectivity index (χ2n) is 5.64. The molecule has 1 fully saturated rings. The Hall–Kier alpha value is -2.14. The van der Waals surface area contributed by atoms with Crippen molar-refractivity contribution in [2.75, 3.05) is 20.1 Å². The van der Waals surface area contributed by atoms with E-state index in [1.54, 1.807) is 6.07 Å². The van der Waals surface area contributed by atoms with Gasteiger partial charge in [-0.3, -0.25) is 5.10 Å². The van der Waals surface area contributed by atoms with Gasteiger partial charge in [-0.1, -0.05) is 24.3 Å². The van der Waals surface area contributed by atoms with E-state index in [0.717, 1.165) is 31.5 Å². The second kappa shape index (κ2) is 5.69. The number of aromatic amines is 1. The van der Waals surface area contributed by atoms with E-state index in [0.29, 0.717) is 11.6 Å². The Morgan fingerprint density at radius 1 is 1.33 bits per heavy atom. The van der Waals surface area contributed by atoms with Gasteiger partial charge in [0.1, 0.15) is 5.69 Å². The molecule has 0 radical (unpaired) electrons. The van der Waals surface area contributed by atoms with Gasteiger partial charge in [-0.25, -0.2) is 4.79 Å². The molecule has 5 heteroatoms. The predicted molar refractivity (Wildman–Crippen MR) is 80.5 cm³/mol. The van der Waals surface area contributed by atoms with E-state index in [1.165, 1.54) is 5.56 Å². The van der Waals surface area contributed by atoms with Crippen molar-refractivity contribution >= 4 is 5.97 Å². The number of H-pyrrole nitrogens is 1. The lowest BCUT2D eigenvalue weighted by Gasteiger charge is -2.30. The maximum absolute atomic E-state index is 11.0. The number of nitrogens with one attached hydrogen (secondary N) is 1. The number of aromatic nitrogens is 2. The van der Waals surface area contributed by atoms with Gasteiger partial charge in [-0.15, -0.1) is 0 Å². The van der Waals surface area contributed by atoms with Crippen LogP contribution in [0.2, 0.25) is 0 Å². The maximum Gasteiger partial charge on any atom is 0.353 e. The van der Waals surface area contributed by atoms with Crippen LogP contribution in [0.3, 0.4) is 0 Å². The van der Waals surface area contributed by atoms with Gasteiger partial charge in [-0.2, -0.15) is 5.10 Å². The Balaban J connectivity index is 1.93. The third-order valence-electron chi connectivity index (χ3n) is 4.20. The average molecular weight is 285 g/mol. The highest BCUT2D eigenvalue weighted by atomic mass is 16.4. The molecule has 2 aromatic rings. The Bertz CT molecular complexity index is 642. The van der Waals surface area contributed by atoms with E-state index < -0.39 is 5.97 Å². The molecule has 5 nitrogen and oxygen atoms in total. The first kappa shape index (κ1) is 13.8. The Morgan fingerprint density at radius 2 is 2.05 bits per heavy atom. The van der Waals surface area contributed by atoms with Crippen LogP contribution in [0.4, 0.5) is 0 Å². The largest absolute Gasteiger partial charge is 0.477 e. The molecule has 0 unspecified atom stereocenters. The minimum absolute atomic E-state index is 0.128. The summed E-state index contributed by atoms with van der Waals surface area (Å²) in [7, 11) is 2.15. The van der Waals surface area contributed by atoms with Crippen LogP contribution < -0.4 is 0 Å². The number of nitrogens with zero attached hydrogens (tertiary/aromatic N) is 2. The first-order valence-corrected chi connectivity index (χ1v) is 7.21. The van der Waals surface area contributed by atoms with Gasteiger partial charge in [0.05, 0.1) is 5.69 Å². The highest BCUT2D eigenvalue weighted by Gasteiger charge is 2.22. The van der Waals surface area contributed by atoms with Crippen molar-refractivity contribution in [2.24, 2.45) is 0 Å². The standard InChI is InChI=1S/C16H19N3O2/c1-19-8-6-11(7-9-19)12-4-2-3-5-13(12)14-10-15(16(20)21)18-17-14/h2-5,10-11H,6-9H2,1H3,(H,17,18)(H,20,21). The van der Waals surface area contributed by atoms with Crippen molar-refractivity contribution in [1.29, 1.82) is 0 Å². The number of hydrogen-bond acceptors (Lipinski definition) is 3. The molecule has 0 amide bonds. The lowest BCUT2D eigenvalue weighted by Crippen LogP contribution is -2.29. The number of aromatic carboxylic acids is 1. The molecule has 110 valence electrons. The van der Waals surface area contributed by atoms with Crippen LogP contribution in [-0.2, 0) is 0 Å². The molecule has 1 saturated heterocycles. The molecule has 3 rings (SSSR count). The zero-order valence-corrected chi connectivity index (χ0v) is 12.0. The van der Waals surface area contributed by atoms with Crippen LogP contribution in [0.1, 0.15) is 34.8 Å². The van der Waals surface area contributed by atoms with Crippen LogP contribution in [0.25, 0.3) is 11.3 Å². The molecular weight excluding hydrogens is 266 g/mol. The third-order valence-corrected chi connectivity index (χ3v) is 4.20. The Morgan fingerprint density at radius 3 is 2.71 bits per heavy atom. The van der Waals surface area contributed by atoms with Crippen molar-refractivity contribution < 1.29 is 9.90 Å². The van der Waals surface area contributed by atoms with Crippen molar-refractivity contribution in [3.8, 4) is 11.3 Å². The van der Waals surface area contributed by atoms with E-state index in [1.807, 2.05) is 18.2 Å². The zero-order valence-electron chi connectivity index (χ0n) is 12.0. The predicted octanol–water partition coefficient (Wildman–Crippen LogP) is 2.58. The minimum atomic E-state index is -0.981. The molecule has 2 N–H and O–H groups in total. The van der Waals surface area contributed by atoms with Crippen molar-refractivity contribution in [1.82, 2.24) is 15.1 Å². The first-order valence-electron chi connectivity index (χ1n) is 7.21. The fourth-order valence-corrected chi connectivity index (χ4v) is 2.98. The summed E-state index contributed by atoms with van der Waals surface area (Å²) in [4.78, 5) is 13.3. The van der Waals surface area contributed by atoms with Gasteiger partial charge in [0, 0.05) is 5.56 Å². The van der Waals surface area contributed by atoms with Gasteiger partial charge in [0.25, 0.3) is 0 Å². The lowest BCUT2D eigenvalue weighted by molar-refractivity contribution is 0.0690. The molecule has 0 aliphatic carbocycles. The summed E-state index contributed by atoms with van der Waals surface area (Å²) >= 11 is 0. The fraction of sp³-hybridized carbons (Fsp3) is 0.375. The molecular formula is C16H19N3O2. The molecule has 1 aromatic carbocycles. The van der Waals surface area contributed by atoms with Crippen LogP contribution in [0, 0.1) is 0 Å². The zero-order chi connectivity index (χ0) is 14.8. The van der Waals surface area contributed by atoms with Gasteiger partial charge < -0.3 is 10.0 Å². The highest BCUT2D eigenvalue weighted by molar-refractivity contribution is 5.87. The Labute approximate surface area is 123 Å². The number of carbonyl (C=O) groups is 1. The van der Waals surface area contributed by atoms with Crippen LogP contribution >= 0.6 is 0 Å². The topological polar surface area (TPSA) is 69.2 Å². The molecule has 0 atom stereocenters. The highest BCUT2D eigenvalue weighted by Crippen LogP contribution is 2.34. The minimum Gasteiger partial charge on any atom is -0.477 e. The quantitative estimate of drug-likeness (QED) is 0.909.